The largest absolute Gasteiger partial charge is 0.496 e. The van der Waals surface area contributed by atoms with E-state index < -0.39 is 5.91 Å². The van der Waals surface area contributed by atoms with Crippen LogP contribution < -0.4 is 20.5 Å². The number of nitrogens with zero attached hydrogens (tertiary/aromatic N) is 1. The lowest BCUT2D eigenvalue weighted by Gasteiger charge is -2.13. The number of hydrogen-bond donors (Lipinski definition) is 2. The summed E-state index contributed by atoms with van der Waals surface area (Å²) in [5, 5.41) is 0. The molecule has 2 aromatic rings. The van der Waals surface area contributed by atoms with Gasteiger partial charge in [0.2, 0.25) is 0 Å². The molecule has 130 valence electrons. The van der Waals surface area contributed by atoms with Gasteiger partial charge in [-0.05, 0) is 30.3 Å². The first-order valence-electron chi connectivity index (χ1n) is 7.70. The Hall–Kier alpha value is -3.28. The average Bonchev–Trinajstić information content (AvgIpc) is 2.64. The molecule has 2 amide bonds. The standard InChI is InChI=1S/C19H21N3O3/c1-22(2)16-9-6-8-15(13-16)19(24)21-20-18(23)12-11-14-7-4-5-10-17(14)25-3/h4-13H,1-3H3,(H,20,23)(H,21,24). The van der Waals surface area contributed by atoms with E-state index in [0.717, 1.165) is 11.3 Å². The van der Waals surface area contributed by atoms with Gasteiger partial charge in [-0.15, -0.1) is 0 Å². The van der Waals surface area contributed by atoms with Gasteiger partial charge in [0, 0.05) is 37.0 Å². The zero-order chi connectivity index (χ0) is 18.2. The minimum Gasteiger partial charge on any atom is -0.496 e. The van der Waals surface area contributed by atoms with Crippen LogP contribution in [0.3, 0.4) is 0 Å². The Morgan fingerprint density at radius 2 is 1.80 bits per heavy atom. The van der Waals surface area contributed by atoms with Gasteiger partial charge in [-0.1, -0.05) is 24.3 Å². The lowest BCUT2D eigenvalue weighted by Crippen LogP contribution is -2.40. The van der Waals surface area contributed by atoms with Crippen molar-refractivity contribution < 1.29 is 14.3 Å². The van der Waals surface area contributed by atoms with Crippen LogP contribution in [0.25, 0.3) is 6.08 Å². The van der Waals surface area contributed by atoms with Gasteiger partial charge in [0.15, 0.2) is 0 Å². The number of carbonyl (C=O) groups is 2. The number of para-hydroxylation sites is 1. The topological polar surface area (TPSA) is 70.7 Å². The number of anilines is 1. The van der Waals surface area contributed by atoms with E-state index in [0.29, 0.717) is 11.3 Å². The number of ether oxygens (including phenoxy) is 1. The van der Waals surface area contributed by atoms with Gasteiger partial charge in [0.25, 0.3) is 11.8 Å². The first-order chi connectivity index (χ1) is 12.0. The molecular formula is C19H21N3O3. The highest BCUT2D eigenvalue weighted by atomic mass is 16.5. The third-order valence-electron chi connectivity index (χ3n) is 3.48. The monoisotopic (exact) mass is 339 g/mol. The highest BCUT2D eigenvalue weighted by molar-refractivity contribution is 5.98. The fourth-order valence-corrected chi connectivity index (χ4v) is 2.13. The van der Waals surface area contributed by atoms with Crippen LogP contribution in [0.4, 0.5) is 5.69 Å². The van der Waals surface area contributed by atoms with Crippen molar-refractivity contribution in [2.24, 2.45) is 0 Å². The summed E-state index contributed by atoms with van der Waals surface area (Å²) >= 11 is 0. The van der Waals surface area contributed by atoms with E-state index in [1.807, 2.05) is 43.3 Å². The molecule has 0 heterocycles. The number of nitrogens with one attached hydrogen (secondary N) is 2. The van der Waals surface area contributed by atoms with Crippen molar-refractivity contribution in [1.82, 2.24) is 10.9 Å². The molecule has 2 aromatic carbocycles. The summed E-state index contributed by atoms with van der Waals surface area (Å²) in [6.07, 6.45) is 2.95. The number of hydrazine groups is 1. The third kappa shape index (κ3) is 5.10. The quantitative estimate of drug-likeness (QED) is 0.647. The smallest absolute Gasteiger partial charge is 0.269 e. The first-order valence-corrected chi connectivity index (χ1v) is 7.70. The van der Waals surface area contributed by atoms with Crippen LogP contribution in [0.2, 0.25) is 0 Å². The van der Waals surface area contributed by atoms with E-state index in [1.54, 1.807) is 37.5 Å². The van der Waals surface area contributed by atoms with Gasteiger partial charge < -0.3 is 9.64 Å². The van der Waals surface area contributed by atoms with Crippen molar-refractivity contribution >= 4 is 23.6 Å². The van der Waals surface area contributed by atoms with Crippen LogP contribution in [0, 0.1) is 0 Å². The maximum atomic E-state index is 12.1. The lowest BCUT2D eigenvalue weighted by atomic mass is 10.2. The molecule has 0 fully saturated rings. The molecule has 0 bridgehead atoms. The fourth-order valence-electron chi connectivity index (χ4n) is 2.13. The molecule has 0 spiro atoms. The molecule has 25 heavy (non-hydrogen) atoms. The lowest BCUT2D eigenvalue weighted by molar-refractivity contribution is -0.117. The van der Waals surface area contributed by atoms with Crippen molar-refractivity contribution in [3.8, 4) is 5.75 Å². The molecule has 2 N–H and O–H groups in total. The maximum Gasteiger partial charge on any atom is 0.269 e. The zero-order valence-corrected chi connectivity index (χ0v) is 14.4. The van der Waals surface area contributed by atoms with Crippen LogP contribution in [0.15, 0.2) is 54.6 Å². The van der Waals surface area contributed by atoms with Crippen molar-refractivity contribution in [2.75, 3.05) is 26.1 Å². The van der Waals surface area contributed by atoms with Crippen LogP contribution in [-0.2, 0) is 4.79 Å². The van der Waals surface area contributed by atoms with E-state index in [9.17, 15) is 9.59 Å². The van der Waals surface area contributed by atoms with Gasteiger partial charge in [-0.3, -0.25) is 20.4 Å². The van der Waals surface area contributed by atoms with E-state index >= 15 is 0 Å². The molecule has 0 aliphatic heterocycles. The van der Waals surface area contributed by atoms with Gasteiger partial charge >= 0.3 is 0 Å². The number of benzene rings is 2. The summed E-state index contributed by atoms with van der Waals surface area (Å²) in [5.74, 6) is -0.165. The Labute approximate surface area is 147 Å². The first kappa shape index (κ1) is 18.1. The summed E-state index contributed by atoms with van der Waals surface area (Å²) in [4.78, 5) is 25.9. The Kier molecular flexibility index (Phi) is 6.17. The Bertz CT molecular complexity index is 785. The SMILES string of the molecule is COc1ccccc1C=CC(=O)NNC(=O)c1cccc(N(C)C)c1. The molecule has 0 aromatic heterocycles. The maximum absolute atomic E-state index is 12.1. The van der Waals surface area contributed by atoms with Crippen molar-refractivity contribution in [1.29, 1.82) is 0 Å². The predicted octanol–water partition coefficient (Wildman–Crippen LogP) is 2.24. The molecule has 0 saturated heterocycles. The summed E-state index contributed by atoms with van der Waals surface area (Å²) in [6.45, 7) is 0. The molecule has 0 aliphatic rings. The molecule has 6 nitrogen and oxygen atoms in total. The van der Waals surface area contributed by atoms with Crippen LogP contribution in [-0.4, -0.2) is 33.0 Å². The second-order valence-electron chi connectivity index (χ2n) is 5.46. The normalized spacial score (nSPS) is 10.4. The van der Waals surface area contributed by atoms with Crippen molar-refractivity contribution in [2.45, 2.75) is 0 Å². The Balaban J connectivity index is 1.94. The van der Waals surface area contributed by atoms with Crippen LogP contribution >= 0.6 is 0 Å². The molecule has 0 atom stereocenters. The highest BCUT2D eigenvalue weighted by Gasteiger charge is 2.07. The van der Waals surface area contributed by atoms with Crippen molar-refractivity contribution in [3.63, 3.8) is 0 Å². The molecule has 0 unspecified atom stereocenters. The fraction of sp³-hybridized carbons (Fsp3) is 0.158. The Morgan fingerprint density at radius 1 is 1.04 bits per heavy atom. The van der Waals surface area contributed by atoms with Crippen molar-refractivity contribution in [3.05, 3.63) is 65.7 Å². The summed E-state index contributed by atoms with van der Waals surface area (Å²) in [5.41, 5.74) is 6.87. The summed E-state index contributed by atoms with van der Waals surface area (Å²) in [6, 6.07) is 14.4. The molecule has 0 radical (unpaired) electrons. The molecule has 6 heteroatoms. The molecule has 0 saturated carbocycles. The van der Waals surface area contributed by atoms with Gasteiger partial charge in [0.05, 0.1) is 7.11 Å². The van der Waals surface area contributed by atoms with E-state index in [-0.39, 0.29) is 5.91 Å². The Morgan fingerprint density at radius 3 is 2.52 bits per heavy atom. The van der Waals surface area contributed by atoms with Crippen LogP contribution in [0.1, 0.15) is 15.9 Å². The van der Waals surface area contributed by atoms with Crippen LogP contribution in [0.5, 0.6) is 5.75 Å². The number of amides is 2. The van der Waals surface area contributed by atoms with E-state index in [1.165, 1.54) is 6.08 Å². The molecular weight excluding hydrogens is 318 g/mol. The number of rotatable bonds is 5. The minimum atomic E-state index is -0.442. The van der Waals surface area contributed by atoms with E-state index in [4.69, 9.17) is 4.74 Å². The summed E-state index contributed by atoms with van der Waals surface area (Å²) in [7, 11) is 5.34. The molecule has 2 rings (SSSR count). The van der Waals surface area contributed by atoms with Gasteiger partial charge in [-0.2, -0.15) is 0 Å². The number of hydrogen-bond acceptors (Lipinski definition) is 4. The molecule has 0 aliphatic carbocycles. The average molecular weight is 339 g/mol. The second-order valence-corrected chi connectivity index (χ2v) is 5.46. The van der Waals surface area contributed by atoms with E-state index in [2.05, 4.69) is 10.9 Å². The predicted molar refractivity (Wildman–Crippen MR) is 98.4 cm³/mol. The van der Waals surface area contributed by atoms with Gasteiger partial charge in [-0.25, -0.2) is 0 Å². The number of carbonyl (C=O) groups excluding carboxylic acids is 2. The number of methoxy groups -OCH3 is 1. The van der Waals surface area contributed by atoms with Gasteiger partial charge in [0.1, 0.15) is 5.75 Å². The second kappa shape index (κ2) is 8.54. The third-order valence-corrected chi connectivity index (χ3v) is 3.48. The summed E-state index contributed by atoms with van der Waals surface area (Å²) < 4.78 is 5.21. The minimum absolute atomic E-state index is 0.386. The highest BCUT2D eigenvalue weighted by Crippen LogP contribution is 2.18. The zero-order valence-electron chi connectivity index (χ0n) is 14.4.